The highest BCUT2D eigenvalue weighted by molar-refractivity contribution is 9.10. The number of carbonyl (C=O) groups is 1. The number of hydrogen-bond donors (Lipinski definition) is 1. The maximum Gasteiger partial charge on any atom is 0.337 e. The molecule has 0 bridgehead atoms. The Labute approximate surface area is 178 Å². The second kappa shape index (κ2) is 8.84. The lowest BCUT2D eigenvalue weighted by atomic mass is 10.1. The summed E-state index contributed by atoms with van der Waals surface area (Å²) >= 11 is 3.24. The molecule has 2 aromatic rings. The first-order chi connectivity index (χ1) is 13.9. The SMILES string of the molecule is COC(=O)c1ccc(Br)c(S(=O)(=O)Nc2cc(C#N)ccc2N2CCCCC2)c1. The van der Waals surface area contributed by atoms with Crippen molar-refractivity contribution < 1.29 is 17.9 Å². The van der Waals surface area contributed by atoms with Gasteiger partial charge in [-0.1, -0.05) is 0 Å². The predicted octanol–water partition coefficient (Wildman–Crippen LogP) is 3.90. The summed E-state index contributed by atoms with van der Waals surface area (Å²) in [5.74, 6) is -0.630. The number of nitriles is 1. The summed E-state index contributed by atoms with van der Waals surface area (Å²) in [6.07, 6.45) is 3.19. The number of ether oxygens (including phenoxy) is 1. The predicted molar refractivity (Wildman–Crippen MR) is 114 cm³/mol. The third-order valence-corrected chi connectivity index (χ3v) is 7.07. The van der Waals surface area contributed by atoms with Gasteiger partial charge in [0.05, 0.1) is 35.7 Å². The van der Waals surface area contributed by atoms with Crippen molar-refractivity contribution in [3.8, 4) is 6.07 Å². The zero-order valence-corrected chi connectivity index (χ0v) is 18.2. The second-order valence-electron chi connectivity index (χ2n) is 6.63. The highest BCUT2D eigenvalue weighted by Crippen LogP contribution is 2.33. The van der Waals surface area contributed by atoms with Gasteiger partial charge >= 0.3 is 5.97 Å². The van der Waals surface area contributed by atoms with Gasteiger partial charge in [-0.05, 0) is 71.6 Å². The van der Waals surface area contributed by atoms with E-state index in [1.165, 1.54) is 31.4 Å². The first kappa shape index (κ1) is 21.1. The summed E-state index contributed by atoms with van der Waals surface area (Å²) in [6.45, 7) is 1.64. The molecule has 0 amide bonds. The minimum Gasteiger partial charge on any atom is -0.465 e. The number of piperidine rings is 1. The van der Waals surface area contributed by atoms with E-state index in [-0.39, 0.29) is 10.5 Å². The van der Waals surface area contributed by atoms with Crippen LogP contribution >= 0.6 is 15.9 Å². The summed E-state index contributed by atoms with van der Waals surface area (Å²) in [7, 11) is -2.80. The van der Waals surface area contributed by atoms with E-state index in [0.717, 1.165) is 38.0 Å². The van der Waals surface area contributed by atoms with E-state index in [0.29, 0.717) is 15.7 Å². The molecule has 0 radical (unpaired) electrons. The van der Waals surface area contributed by atoms with Crippen molar-refractivity contribution in [3.63, 3.8) is 0 Å². The summed E-state index contributed by atoms with van der Waals surface area (Å²) in [6, 6.07) is 11.2. The number of nitrogens with one attached hydrogen (secondary N) is 1. The van der Waals surface area contributed by atoms with Crippen LogP contribution in [0.1, 0.15) is 35.2 Å². The maximum atomic E-state index is 13.1. The van der Waals surface area contributed by atoms with Crippen LogP contribution in [0, 0.1) is 11.3 Å². The van der Waals surface area contributed by atoms with E-state index in [1.54, 1.807) is 12.1 Å². The fourth-order valence-corrected chi connectivity index (χ4v) is 5.31. The highest BCUT2D eigenvalue weighted by Gasteiger charge is 2.23. The summed E-state index contributed by atoms with van der Waals surface area (Å²) in [4.78, 5) is 13.8. The molecule has 29 heavy (non-hydrogen) atoms. The van der Waals surface area contributed by atoms with Crippen LogP contribution in [0.4, 0.5) is 11.4 Å². The standard InChI is InChI=1S/C20H20BrN3O4S/c1-28-20(25)15-6-7-16(21)19(12-15)29(26,27)23-17-11-14(13-22)5-8-18(17)24-9-3-2-4-10-24/h5-8,11-12,23H,2-4,9-10H2,1H3. The zero-order valence-electron chi connectivity index (χ0n) is 15.8. The minimum atomic E-state index is -4.04. The molecule has 0 atom stereocenters. The largest absolute Gasteiger partial charge is 0.465 e. The molecule has 1 fully saturated rings. The number of methoxy groups -OCH3 is 1. The van der Waals surface area contributed by atoms with Crippen LogP contribution in [0.15, 0.2) is 45.8 Å². The Morgan fingerprint density at radius 2 is 1.90 bits per heavy atom. The molecule has 1 saturated heterocycles. The van der Waals surface area contributed by atoms with Gasteiger partial charge in [0.2, 0.25) is 0 Å². The molecule has 0 unspecified atom stereocenters. The van der Waals surface area contributed by atoms with Gasteiger partial charge in [-0.2, -0.15) is 5.26 Å². The van der Waals surface area contributed by atoms with Crippen LogP contribution < -0.4 is 9.62 Å². The van der Waals surface area contributed by atoms with Crippen molar-refractivity contribution in [1.29, 1.82) is 5.26 Å². The van der Waals surface area contributed by atoms with Crippen molar-refractivity contribution in [3.05, 3.63) is 52.0 Å². The van der Waals surface area contributed by atoms with E-state index in [2.05, 4.69) is 30.3 Å². The van der Waals surface area contributed by atoms with E-state index < -0.39 is 16.0 Å². The number of rotatable bonds is 5. The van der Waals surface area contributed by atoms with Crippen LogP contribution in [0.3, 0.4) is 0 Å². The molecule has 1 N–H and O–H groups in total. The Hall–Kier alpha value is -2.57. The van der Waals surface area contributed by atoms with E-state index in [9.17, 15) is 18.5 Å². The topological polar surface area (TPSA) is 99.5 Å². The monoisotopic (exact) mass is 477 g/mol. The lowest BCUT2D eigenvalue weighted by Crippen LogP contribution is -2.30. The Bertz CT molecular complexity index is 1070. The van der Waals surface area contributed by atoms with Crippen molar-refractivity contribution in [1.82, 2.24) is 0 Å². The molecule has 1 aliphatic rings. The molecule has 1 aliphatic heterocycles. The molecule has 7 nitrogen and oxygen atoms in total. The number of anilines is 2. The number of benzene rings is 2. The fourth-order valence-electron chi connectivity index (χ4n) is 3.25. The van der Waals surface area contributed by atoms with Crippen molar-refractivity contribution in [2.45, 2.75) is 24.2 Å². The van der Waals surface area contributed by atoms with Gasteiger partial charge in [-0.3, -0.25) is 4.72 Å². The quantitative estimate of drug-likeness (QED) is 0.655. The average Bonchev–Trinajstić information content (AvgIpc) is 2.73. The first-order valence-electron chi connectivity index (χ1n) is 9.05. The maximum absolute atomic E-state index is 13.1. The lowest BCUT2D eigenvalue weighted by molar-refractivity contribution is 0.0600. The van der Waals surface area contributed by atoms with Crippen LogP contribution in [0.25, 0.3) is 0 Å². The highest BCUT2D eigenvalue weighted by atomic mass is 79.9. The number of nitrogens with zero attached hydrogens (tertiary/aromatic N) is 2. The Morgan fingerprint density at radius 1 is 1.17 bits per heavy atom. The molecular formula is C20H20BrN3O4S. The van der Waals surface area contributed by atoms with E-state index >= 15 is 0 Å². The molecule has 152 valence electrons. The van der Waals surface area contributed by atoms with Crippen molar-refractivity contribution in [2.75, 3.05) is 29.8 Å². The molecule has 1 heterocycles. The molecule has 0 saturated carbocycles. The number of halogens is 1. The molecular weight excluding hydrogens is 458 g/mol. The number of carbonyl (C=O) groups excluding carboxylic acids is 1. The smallest absolute Gasteiger partial charge is 0.337 e. The molecule has 0 aromatic heterocycles. The normalized spacial score (nSPS) is 14.2. The van der Waals surface area contributed by atoms with Gasteiger partial charge in [0, 0.05) is 17.6 Å². The van der Waals surface area contributed by atoms with Crippen LogP contribution in [0.5, 0.6) is 0 Å². The summed E-state index contributed by atoms with van der Waals surface area (Å²) in [5.41, 5.74) is 1.54. The Kier molecular flexibility index (Phi) is 6.45. The van der Waals surface area contributed by atoms with E-state index in [4.69, 9.17) is 0 Å². The Morgan fingerprint density at radius 3 is 2.55 bits per heavy atom. The molecule has 9 heteroatoms. The molecule has 3 rings (SSSR count). The third kappa shape index (κ3) is 4.71. The number of sulfonamides is 1. The number of esters is 1. The first-order valence-corrected chi connectivity index (χ1v) is 11.3. The van der Waals surface area contributed by atoms with Crippen molar-refractivity contribution in [2.24, 2.45) is 0 Å². The zero-order chi connectivity index (χ0) is 21.0. The number of hydrogen-bond acceptors (Lipinski definition) is 6. The molecule has 2 aromatic carbocycles. The van der Waals surface area contributed by atoms with Crippen LogP contribution in [-0.2, 0) is 14.8 Å². The molecule has 0 aliphatic carbocycles. The van der Waals surface area contributed by atoms with Crippen LogP contribution in [-0.4, -0.2) is 34.6 Å². The van der Waals surface area contributed by atoms with Crippen molar-refractivity contribution >= 4 is 43.3 Å². The fraction of sp³-hybridized carbons (Fsp3) is 0.300. The molecule has 0 spiro atoms. The third-order valence-electron chi connectivity index (χ3n) is 4.71. The second-order valence-corrected chi connectivity index (χ2v) is 9.14. The van der Waals surface area contributed by atoms with Gasteiger partial charge < -0.3 is 9.64 Å². The van der Waals surface area contributed by atoms with Crippen LogP contribution in [0.2, 0.25) is 0 Å². The van der Waals surface area contributed by atoms with Gasteiger partial charge in [-0.15, -0.1) is 0 Å². The van der Waals surface area contributed by atoms with E-state index in [1.807, 2.05) is 6.07 Å². The van der Waals surface area contributed by atoms with Gasteiger partial charge in [-0.25, -0.2) is 13.2 Å². The van der Waals surface area contributed by atoms with Gasteiger partial charge in [0.1, 0.15) is 4.90 Å². The summed E-state index contributed by atoms with van der Waals surface area (Å²) in [5, 5.41) is 9.25. The minimum absolute atomic E-state index is 0.0904. The van der Waals surface area contributed by atoms with Gasteiger partial charge in [0.25, 0.3) is 10.0 Å². The summed E-state index contributed by atoms with van der Waals surface area (Å²) < 4.78 is 33.8. The Balaban J connectivity index is 2.02. The lowest BCUT2D eigenvalue weighted by Gasteiger charge is -2.30. The van der Waals surface area contributed by atoms with Gasteiger partial charge in [0.15, 0.2) is 0 Å². The average molecular weight is 478 g/mol.